The second-order valence-corrected chi connectivity index (χ2v) is 18.3. The molecule has 6 aliphatic heterocycles. The molecule has 0 radical (unpaired) electrons. The fourth-order valence-electron chi connectivity index (χ4n) is 9.11. The zero-order valence-electron chi connectivity index (χ0n) is 38.9. The van der Waals surface area contributed by atoms with Crippen LogP contribution in [0.3, 0.4) is 0 Å². The summed E-state index contributed by atoms with van der Waals surface area (Å²) in [6.07, 6.45) is -53.1. The molecule has 20 N–H and O–H groups in total. The van der Waals surface area contributed by atoms with Crippen molar-refractivity contribution in [3.05, 3.63) is 0 Å². The van der Waals surface area contributed by atoms with Gasteiger partial charge in [-0.25, -0.2) is 0 Å². The van der Waals surface area contributed by atoms with Crippen LogP contribution in [0.2, 0.25) is 0 Å². The second-order valence-electron chi connectivity index (χ2n) is 18.3. The molecule has 0 saturated carbocycles. The molecule has 2 amide bonds. The molecule has 0 unspecified atom stereocenters. The van der Waals surface area contributed by atoms with Gasteiger partial charge in [-0.15, -0.1) is 0 Å². The Balaban J connectivity index is 1.25. The van der Waals surface area contributed by atoms with Crippen molar-refractivity contribution in [2.75, 3.05) is 39.6 Å². The van der Waals surface area contributed by atoms with E-state index in [1.165, 1.54) is 0 Å². The van der Waals surface area contributed by atoms with E-state index in [1.807, 2.05) is 0 Å². The summed E-state index contributed by atoms with van der Waals surface area (Å²) in [6.45, 7) is -3.32. The van der Waals surface area contributed by atoms with Crippen molar-refractivity contribution in [1.29, 1.82) is 0 Å². The molecule has 0 bridgehead atoms. The van der Waals surface area contributed by atoms with Gasteiger partial charge in [0.15, 0.2) is 37.7 Å². The molecule has 0 aromatic heterocycles. The number of hydrogen-bond donors (Lipinski definition) is 20. The molecule has 33 heteroatoms. The van der Waals surface area contributed by atoms with Crippen LogP contribution in [0.15, 0.2) is 0 Å². The highest BCUT2D eigenvalue weighted by Crippen LogP contribution is 2.36. The molecular weight excluding hydrogens is 1000 g/mol. The summed E-state index contributed by atoms with van der Waals surface area (Å²) in [5, 5.41) is 196. The van der Waals surface area contributed by atoms with Crippen LogP contribution in [-0.2, 0) is 61.7 Å². The first-order valence-corrected chi connectivity index (χ1v) is 23.1. The number of ether oxygens (including phenoxy) is 11. The van der Waals surface area contributed by atoms with Gasteiger partial charge in [-0.3, -0.25) is 9.59 Å². The highest BCUT2D eigenvalue weighted by Gasteiger charge is 2.57. The monoisotopic (exact) mass is 1070 g/mol. The van der Waals surface area contributed by atoms with Crippen LogP contribution in [-0.4, -0.2) is 327 Å². The minimum atomic E-state index is -2.29. The van der Waals surface area contributed by atoms with Crippen molar-refractivity contribution < 1.29 is 154 Å². The van der Waals surface area contributed by atoms with E-state index >= 15 is 0 Å². The third-order valence-corrected chi connectivity index (χ3v) is 13.2. The SMILES string of the molecule is CC(=O)N[C@@H]1[C@@H](O)[C@H](O[C@@H]2O[C@H](CO)[C@@H](O[C@@H]3O[C@H](CO[C@H]4O[C@H](CO)[C@@H](O)[C@H](O)[C@@H]4O)[C@@H](O)[C@H](O[C@H]4O[C@H](CO[C@H]5O[C@H](CO)[C@@H](O)[C@H](O)[C@@H]5O)[C@@H](O)[C@H](O)[C@@H]4O)[C@@H]3O)[C@H](O)[C@H]2NC(C)=O)[C@@H](CO)O[C@@H]1O. The van der Waals surface area contributed by atoms with Gasteiger partial charge < -0.3 is 155 Å². The van der Waals surface area contributed by atoms with Crippen molar-refractivity contribution >= 4 is 11.8 Å². The lowest BCUT2D eigenvalue weighted by molar-refractivity contribution is -0.385. The van der Waals surface area contributed by atoms with Crippen LogP contribution < -0.4 is 10.6 Å². The van der Waals surface area contributed by atoms with Crippen molar-refractivity contribution in [2.24, 2.45) is 0 Å². The first-order chi connectivity index (χ1) is 34.5. The van der Waals surface area contributed by atoms with E-state index in [0.717, 1.165) is 13.8 Å². The second kappa shape index (κ2) is 26.0. The van der Waals surface area contributed by atoms with Crippen LogP contribution in [0.25, 0.3) is 0 Å². The Hall–Kier alpha value is -2.22. The number of rotatable bonds is 18. The number of amides is 2. The molecule has 6 saturated heterocycles. The summed E-state index contributed by atoms with van der Waals surface area (Å²) >= 11 is 0. The minimum Gasteiger partial charge on any atom is -0.394 e. The minimum absolute atomic E-state index is 0.716. The molecule has 73 heavy (non-hydrogen) atoms. The van der Waals surface area contributed by atoms with E-state index in [9.17, 15) is 102 Å². The van der Waals surface area contributed by atoms with Gasteiger partial charge in [-0.05, 0) is 0 Å². The Bertz CT molecular complexity index is 1750. The fraction of sp³-hybridized carbons (Fsp3) is 0.950. The average Bonchev–Trinajstić information content (AvgIpc) is 3.35. The largest absolute Gasteiger partial charge is 0.394 e. The standard InChI is InChI=1S/C40H68N2O31/c1-9(47)41-17-23(53)32(13(5-45)65-35(17)62)71-36-18(42-10(2)48)24(54)33(14(6-46)68-36)72-40-31(61)34(22(52)16(70-40)8-64-38-29(59)26(56)20(50)12(4-44)67-38)73-39-30(60)27(57)21(51)15(69-39)7-63-37-28(58)25(55)19(49)11(3-43)66-37/h11-40,43-46,49-62H,3-8H2,1-2H3,(H,41,47)(H,42,48)/t11-,12-,13-,14-,15-,16-,17-,18-,19-,20-,21-,22-,23-,24-,25+,26+,27+,28+,29+,30+,31+,32-,33-,34+,35+,36+,37+,38+,39-,40+/m1/s1. The van der Waals surface area contributed by atoms with E-state index in [-0.39, 0.29) is 0 Å². The molecule has 30 atom stereocenters. The Labute approximate surface area is 413 Å². The predicted molar refractivity (Wildman–Crippen MR) is 222 cm³/mol. The number of aliphatic hydroxyl groups is 18. The highest BCUT2D eigenvalue weighted by atomic mass is 16.8. The van der Waals surface area contributed by atoms with Gasteiger partial charge in [0.05, 0.1) is 39.6 Å². The van der Waals surface area contributed by atoms with Gasteiger partial charge in [0.2, 0.25) is 11.8 Å². The van der Waals surface area contributed by atoms with E-state index in [4.69, 9.17) is 52.1 Å². The lowest BCUT2D eigenvalue weighted by Crippen LogP contribution is -2.70. The number of hydrogen-bond acceptors (Lipinski definition) is 31. The molecule has 6 heterocycles. The molecule has 424 valence electrons. The summed E-state index contributed by atoms with van der Waals surface area (Å²) < 4.78 is 62.3. The lowest BCUT2D eigenvalue weighted by atomic mass is 9.94. The van der Waals surface area contributed by atoms with Crippen LogP contribution in [0.4, 0.5) is 0 Å². The quantitative estimate of drug-likeness (QED) is 0.0606. The van der Waals surface area contributed by atoms with Gasteiger partial charge in [-0.1, -0.05) is 0 Å². The number of nitrogens with one attached hydrogen (secondary N) is 2. The Kier molecular flexibility index (Phi) is 21.3. The number of carbonyl (C=O) groups is 2. The summed E-state index contributed by atoms with van der Waals surface area (Å²) in [4.78, 5) is 24.4. The molecule has 0 aliphatic carbocycles. The topological polar surface area (TPSA) is 524 Å². The van der Waals surface area contributed by atoms with E-state index in [2.05, 4.69) is 10.6 Å². The normalized spacial score (nSPS) is 49.8. The van der Waals surface area contributed by atoms with Gasteiger partial charge in [-0.2, -0.15) is 0 Å². The maximum Gasteiger partial charge on any atom is 0.217 e. The van der Waals surface area contributed by atoms with E-state index < -0.39 is 236 Å². The molecule has 33 nitrogen and oxygen atoms in total. The molecule has 6 aliphatic rings. The van der Waals surface area contributed by atoms with Crippen LogP contribution in [0, 0.1) is 0 Å². The average molecular weight is 1070 g/mol. The molecule has 6 fully saturated rings. The number of carbonyl (C=O) groups excluding carboxylic acids is 2. The van der Waals surface area contributed by atoms with Crippen molar-refractivity contribution in [3.63, 3.8) is 0 Å². The Morgan fingerprint density at radius 3 is 1.16 bits per heavy atom. The summed E-state index contributed by atoms with van der Waals surface area (Å²) in [5.41, 5.74) is 0. The zero-order valence-corrected chi connectivity index (χ0v) is 38.9. The maximum atomic E-state index is 12.6. The Morgan fingerprint density at radius 2 is 0.699 bits per heavy atom. The first kappa shape index (κ1) is 60.0. The van der Waals surface area contributed by atoms with Crippen LogP contribution >= 0.6 is 0 Å². The van der Waals surface area contributed by atoms with E-state index in [1.54, 1.807) is 0 Å². The smallest absolute Gasteiger partial charge is 0.217 e. The Morgan fingerprint density at radius 1 is 0.356 bits per heavy atom. The van der Waals surface area contributed by atoms with Gasteiger partial charge in [0, 0.05) is 13.8 Å². The van der Waals surface area contributed by atoms with Crippen LogP contribution in [0.1, 0.15) is 13.8 Å². The first-order valence-electron chi connectivity index (χ1n) is 23.1. The maximum absolute atomic E-state index is 12.6. The van der Waals surface area contributed by atoms with Crippen molar-refractivity contribution in [1.82, 2.24) is 10.6 Å². The van der Waals surface area contributed by atoms with Gasteiger partial charge in [0.1, 0.15) is 146 Å². The third-order valence-electron chi connectivity index (χ3n) is 13.2. The van der Waals surface area contributed by atoms with Gasteiger partial charge >= 0.3 is 0 Å². The molecule has 0 aromatic carbocycles. The summed E-state index contributed by atoms with van der Waals surface area (Å²) in [5.74, 6) is -1.55. The molecule has 0 spiro atoms. The lowest BCUT2D eigenvalue weighted by Gasteiger charge is -2.50. The number of aliphatic hydroxyl groups excluding tert-OH is 18. The fourth-order valence-corrected chi connectivity index (χ4v) is 9.11. The van der Waals surface area contributed by atoms with E-state index in [0.29, 0.717) is 0 Å². The predicted octanol–water partition coefficient (Wildman–Crippen LogP) is -13.8. The van der Waals surface area contributed by atoms with Crippen molar-refractivity contribution in [3.8, 4) is 0 Å². The highest BCUT2D eigenvalue weighted by molar-refractivity contribution is 5.73. The van der Waals surface area contributed by atoms with Gasteiger partial charge in [0.25, 0.3) is 0 Å². The summed E-state index contributed by atoms with van der Waals surface area (Å²) in [6, 6.07) is -3.28. The third kappa shape index (κ3) is 13.2. The van der Waals surface area contributed by atoms with Crippen molar-refractivity contribution in [2.45, 2.75) is 198 Å². The summed E-state index contributed by atoms with van der Waals surface area (Å²) in [7, 11) is 0. The molecule has 6 rings (SSSR count). The molecule has 0 aromatic rings. The zero-order chi connectivity index (χ0) is 53.9. The van der Waals surface area contributed by atoms with Crippen LogP contribution in [0.5, 0.6) is 0 Å². The molecular formula is C40H68N2O31.